The molecule has 1 atom stereocenters. The van der Waals surface area contributed by atoms with E-state index in [0.29, 0.717) is 58.7 Å². The van der Waals surface area contributed by atoms with Crippen molar-refractivity contribution in [3.63, 3.8) is 0 Å². The number of nitrogens with zero attached hydrogens (tertiary/aromatic N) is 6. The molecular weight excluding hydrogens is 509 g/mol. The van der Waals surface area contributed by atoms with E-state index < -0.39 is 11.7 Å². The third kappa shape index (κ3) is 6.08. The summed E-state index contributed by atoms with van der Waals surface area (Å²) in [4.78, 5) is 16.6. The third-order valence-electron chi connectivity index (χ3n) is 5.49. The topological polar surface area (TPSA) is 117 Å². The number of alkyl halides is 3. The average molecular weight is 533 g/mol. The maximum absolute atomic E-state index is 12.9. The summed E-state index contributed by atoms with van der Waals surface area (Å²) < 4.78 is 46.5. The first-order chi connectivity index (χ1) is 17.5. The zero-order valence-corrected chi connectivity index (χ0v) is 21.0. The van der Waals surface area contributed by atoms with Gasteiger partial charge < -0.3 is 15.8 Å². The minimum atomic E-state index is -4.47. The predicted molar refractivity (Wildman–Crippen MR) is 134 cm³/mol. The van der Waals surface area contributed by atoms with E-state index in [1.807, 2.05) is 13.8 Å². The molecule has 4 aromatic rings. The Bertz CT molecular complexity index is 1390. The molecule has 0 aliphatic rings. The highest BCUT2D eigenvalue weighted by Crippen LogP contribution is 2.33. The third-order valence-corrected chi connectivity index (χ3v) is 5.69. The molecule has 0 fully saturated rings. The number of aryl methyl sites for hydroxylation is 2. The lowest BCUT2D eigenvalue weighted by Gasteiger charge is -2.18. The van der Waals surface area contributed by atoms with Crippen molar-refractivity contribution < 1.29 is 17.9 Å². The molecule has 4 heterocycles. The lowest BCUT2D eigenvalue weighted by Crippen LogP contribution is -2.19. The van der Waals surface area contributed by atoms with Crippen LogP contribution in [0.15, 0.2) is 42.9 Å². The number of halogens is 4. The van der Waals surface area contributed by atoms with E-state index in [1.165, 1.54) is 12.3 Å². The molecular formula is C24H24ClF3N8O. The van der Waals surface area contributed by atoms with Crippen molar-refractivity contribution in [3.05, 3.63) is 59.3 Å². The highest BCUT2D eigenvalue weighted by molar-refractivity contribution is 6.29. The maximum Gasteiger partial charge on any atom is 0.417 e. The first-order valence-electron chi connectivity index (χ1n) is 11.2. The van der Waals surface area contributed by atoms with Crippen molar-refractivity contribution in [2.24, 2.45) is 7.05 Å². The van der Waals surface area contributed by atoms with Gasteiger partial charge in [-0.1, -0.05) is 11.6 Å². The summed E-state index contributed by atoms with van der Waals surface area (Å²) in [7, 11) is 1.77. The van der Waals surface area contributed by atoms with Gasteiger partial charge >= 0.3 is 6.18 Å². The number of ether oxygens (including phenoxy) is 1. The Morgan fingerprint density at radius 2 is 1.95 bits per heavy atom. The first-order valence-corrected chi connectivity index (χ1v) is 11.6. The lowest BCUT2D eigenvalue weighted by molar-refractivity contribution is -0.137. The van der Waals surface area contributed by atoms with Crippen LogP contribution in [0.25, 0.3) is 22.6 Å². The predicted octanol–water partition coefficient (Wildman–Crippen LogP) is 5.17. The van der Waals surface area contributed by atoms with E-state index in [2.05, 4.69) is 30.4 Å². The molecule has 4 rings (SSSR count). The smallest absolute Gasteiger partial charge is 0.417 e. The Hall–Kier alpha value is -3.93. The second-order valence-corrected chi connectivity index (χ2v) is 8.71. The molecule has 0 amide bonds. The van der Waals surface area contributed by atoms with Crippen molar-refractivity contribution >= 4 is 23.1 Å². The lowest BCUT2D eigenvalue weighted by atomic mass is 10.1. The van der Waals surface area contributed by atoms with Crippen LogP contribution in [0.2, 0.25) is 5.15 Å². The van der Waals surface area contributed by atoms with Crippen LogP contribution in [0.4, 0.5) is 24.7 Å². The minimum absolute atomic E-state index is 0.236. The molecule has 0 unspecified atom stereocenters. The van der Waals surface area contributed by atoms with Crippen molar-refractivity contribution in [2.75, 3.05) is 17.6 Å². The molecule has 0 aromatic carbocycles. The Morgan fingerprint density at radius 3 is 2.62 bits per heavy atom. The van der Waals surface area contributed by atoms with E-state index in [0.717, 1.165) is 12.3 Å². The normalized spacial score (nSPS) is 12.4. The molecule has 3 N–H and O–H groups in total. The van der Waals surface area contributed by atoms with Gasteiger partial charge in [-0.3, -0.25) is 4.98 Å². The van der Waals surface area contributed by atoms with Gasteiger partial charge in [-0.15, -0.1) is 0 Å². The van der Waals surface area contributed by atoms with Crippen LogP contribution in [0.5, 0.6) is 5.88 Å². The fourth-order valence-electron chi connectivity index (χ4n) is 3.68. The maximum atomic E-state index is 12.9. The number of hydrogen-bond donors (Lipinski definition) is 2. The SMILES string of the molecule is Cc1nn(C)c(O[C@@H](C)CCNc2cc(Cl)ncc2-c2ccc(C(F)(F)F)cn2)c1-c1nccc(N)n1. The van der Waals surface area contributed by atoms with Gasteiger partial charge in [-0.05, 0) is 38.1 Å². The highest BCUT2D eigenvalue weighted by atomic mass is 35.5. The van der Waals surface area contributed by atoms with Crippen molar-refractivity contribution in [1.29, 1.82) is 0 Å². The molecule has 37 heavy (non-hydrogen) atoms. The molecule has 0 radical (unpaired) electrons. The zero-order chi connectivity index (χ0) is 26.7. The van der Waals surface area contributed by atoms with E-state index in [-0.39, 0.29) is 11.3 Å². The number of aromatic nitrogens is 6. The molecule has 0 aliphatic carbocycles. The number of rotatable bonds is 8. The number of nitrogens with two attached hydrogens (primary N) is 1. The second kappa shape index (κ2) is 10.6. The van der Waals surface area contributed by atoms with Gasteiger partial charge in [0.25, 0.3) is 0 Å². The highest BCUT2D eigenvalue weighted by Gasteiger charge is 2.30. The number of nitrogen functional groups attached to an aromatic ring is 1. The summed E-state index contributed by atoms with van der Waals surface area (Å²) in [5.74, 6) is 1.27. The Labute approximate surface area is 215 Å². The van der Waals surface area contributed by atoms with Gasteiger partial charge in [0.05, 0.1) is 23.1 Å². The van der Waals surface area contributed by atoms with Crippen molar-refractivity contribution in [1.82, 2.24) is 29.7 Å². The first kappa shape index (κ1) is 26.1. The van der Waals surface area contributed by atoms with Gasteiger partial charge in [-0.2, -0.15) is 18.3 Å². The fraction of sp³-hybridized carbons (Fsp3) is 0.292. The Morgan fingerprint density at radius 1 is 1.16 bits per heavy atom. The van der Waals surface area contributed by atoms with E-state index in [4.69, 9.17) is 22.1 Å². The zero-order valence-electron chi connectivity index (χ0n) is 20.2. The standard InChI is InChI=1S/C24H24ClF3N8O/c1-13(37-23-21(14(2)35-36(23)3)22-31-9-7-20(29)34-22)6-8-30-18-10-19(25)33-12-16(18)17-5-4-15(11-32-17)24(26,27)28/h4-5,7,9-13H,6,8H2,1-3H3,(H,30,33)(H2,29,31,34)/t13-/m0/s1. The van der Waals surface area contributed by atoms with E-state index in [9.17, 15) is 13.2 Å². The van der Waals surface area contributed by atoms with Crippen LogP contribution >= 0.6 is 11.6 Å². The summed E-state index contributed by atoms with van der Waals surface area (Å²) in [6.45, 7) is 4.22. The quantitative estimate of drug-likeness (QED) is 0.299. The summed E-state index contributed by atoms with van der Waals surface area (Å²) in [6, 6.07) is 5.48. The molecule has 4 aromatic heterocycles. The Kier molecular flexibility index (Phi) is 7.48. The summed E-state index contributed by atoms with van der Waals surface area (Å²) in [6.07, 6.45) is -0.303. The molecule has 9 nitrogen and oxygen atoms in total. The van der Waals surface area contributed by atoms with Crippen LogP contribution < -0.4 is 15.8 Å². The van der Waals surface area contributed by atoms with Crippen LogP contribution in [0.1, 0.15) is 24.6 Å². The molecule has 0 spiro atoms. The average Bonchev–Trinajstić information content (AvgIpc) is 3.11. The molecule has 0 saturated carbocycles. The summed E-state index contributed by atoms with van der Waals surface area (Å²) in [5.41, 5.74) is 7.80. The molecule has 0 saturated heterocycles. The van der Waals surface area contributed by atoms with Crippen LogP contribution in [0.3, 0.4) is 0 Å². The monoisotopic (exact) mass is 532 g/mol. The number of anilines is 2. The van der Waals surface area contributed by atoms with E-state index >= 15 is 0 Å². The van der Waals surface area contributed by atoms with Gasteiger partial charge in [0.15, 0.2) is 5.82 Å². The molecule has 0 aliphatic heterocycles. The van der Waals surface area contributed by atoms with Gasteiger partial charge in [0, 0.05) is 49.9 Å². The van der Waals surface area contributed by atoms with Crippen molar-refractivity contribution in [2.45, 2.75) is 32.5 Å². The molecule has 194 valence electrons. The van der Waals surface area contributed by atoms with Crippen LogP contribution in [-0.2, 0) is 13.2 Å². The summed E-state index contributed by atoms with van der Waals surface area (Å²) >= 11 is 6.07. The van der Waals surface area contributed by atoms with Crippen LogP contribution in [-0.4, -0.2) is 42.4 Å². The van der Waals surface area contributed by atoms with Gasteiger partial charge in [0.2, 0.25) is 5.88 Å². The largest absolute Gasteiger partial charge is 0.474 e. The Balaban J connectivity index is 1.46. The fourth-order valence-corrected chi connectivity index (χ4v) is 3.84. The molecule has 13 heteroatoms. The van der Waals surface area contributed by atoms with Gasteiger partial charge in [0.1, 0.15) is 16.5 Å². The number of hydrogen-bond acceptors (Lipinski definition) is 8. The number of pyridine rings is 2. The van der Waals surface area contributed by atoms with Crippen LogP contribution in [0, 0.1) is 6.92 Å². The van der Waals surface area contributed by atoms with Crippen molar-refractivity contribution in [3.8, 4) is 28.5 Å². The number of nitrogens with one attached hydrogen (secondary N) is 1. The minimum Gasteiger partial charge on any atom is -0.474 e. The van der Waals surface area contributed by atoms with Gasteiger partial charge in [-0.25, -0.2) is 19.6 Å². The summed E-state index contributed by atoms with van der Waals surface area (Å²) in [5, 5.41) is 7.92. The molecule has 0 bridgehead atoms. The second-order valence-electron chi connectivity index (χ2n) is 8.32. The van der Waals surface area contributed by atoms with E-state index in [1.54, 1.807) is 30.1 Å².